The minimum atomic E-state index is -0.0222. The zero-order valence-corrected chi connectivity index (χ0v) is 10.5. The standard InChI is InChI=1S/C11H11IN2O/c1-7-10(11(15)14-13-7)6-8-2-4-9(12)5-3-8/h2-5H,6H2,1H3,(H2,13,14,15). The molecule has 0 aliphatic carbocycles. The van der Waals surface area contributed by atoms with Crippen LogP contribution in [0.5, 0.6) is 0 Å². The lowest BCUT2D eigenvalue weighted by atomic mass is 10.1. The Labute approximate surface area is 101 Å². The number of hydrogen-bond acceptors (Lipinski definition) is 1. The average molecular weight is 314 g/mol. The van der Waals surface area contributed by atoms with E-state index in [0.29, 0.717) is 6.42 Å². The van der Waals surface area contributed by atoms with Gasteiger partial charge in [0.1, 0.15) is 0 Å². The van der Waals surface area contributed by atoms with E-state index < -0.39 is 0 Å². The second-order valence-electron chi connectivity index (χ2n) is 3.49. The van der Waals surface area contributed by atoms with Gasteiger partial charge in [-0.3, -0.25) is 9.89 Å². The largest absolute Gasteiger partial charge is 0.302 e. The summed E-state index contributed by atoms with van der Waals surface area (Å²) in [6.45, 7) is 1.90. The van der Waals surface area contributed by atoms with Crippen molar-refractivity contribution in [3.8, 4) is 0 Å². The number of aromatic amines is 2. The molecule has 1 aromatic carbocycles. The molecular formula is C11H11IN2O. The summed E-state index contributed by atoms with van der Waals surface area (Å²) in [5.74, 6) is 0. The van der Waals surface area contributed by atoms with Gasteiger partial charge in [0.05, 0.1) is 0 Å². The van der Waals surface area contributed by atoms with Crippen LogP contribution in [0.3, 0.4) is 0 Å². The number of halogens is 1. The fourth-order valence-corrected chi connectivity index (χ4v) is 1.85. The van der Waals surface area contributed by atoms with Gasteiger partial charge in [0.2, 0.25) is 0 Å². The molecule has 0 aliphatic rings. The SMILES string of the molecule is Cc1[nH][nH]c(=O)c1Cc1ccc(I)cc1. The van der Waals surface area contributed by atoms with Crippen LogP contribution in [0.15, 0.2) is 29.1 Å². The molecule has 0 spiro atoms. The van der Waals surface area contributed by atoms with Crippen molar-refractivity contribution >= 4 is 22.6 Å². The van der Waals surface area contributed by atoms with Gasteiger partial charge in [-0.05, 0) is 47.2 Å². The van der Waals surface area contributed by atoms with Crippen molar-refractivity contribution in [2.24, 2.45) is 0 Å². The van der Waals surface area contributed by atoms with E-state index >= 15 is 0 Å². The highest BCUT2D eigenvalue weighted by Crippen LogP contribution is 2.11. The maximum Gasteiger partial charge on any atom is 0.267 e. The quantitative estimate of drug-likeness (QED) is 0.821. The van der Waals surface area contributed by atoms with Crippen molar-refractivity contribution in [2.45, 2.75) is 13.3 Å². The van der Waals surface area contributed by atoms with Crippen molar-refractivity contribution in [2.75, 3.05) is 0 Å². The van der Waals surface area contributed by atoms with Crippen LogP contribution in [0.1, 0.15) is 16.8 Å². The van der Waals surface area contributed by atoms with Crippen LogP contribution in [0.25, 0.3) is 0 Å². The van der Waals surface area contributed by atoms with Gasteiger partial charge in [-0.15, -0.1) is 0 Å². The number of benzene rings is 1. The summed E-state index contributed by atoms with van der Waals surface area (Å²) in [6.07, 6.45) is 0.682. The van der Waals surface area contributed by atoms with Crippen molar-refractivity contribution < 1.29 is 0 Å². The molecule has 2 aromatic rings. The zero-order chi connectivity index (χ0) is 10.8. The summed E-state index contributed by atoms with van der Waals surface area (Å²) in [5.41, 5.74) is 2.87. The highest BCUT2D eigenvalue weighted by molar-refractivity contribution is 14.1. The molecule has 0 amide bonds. The first-order valence-electron chi connectivity index (χ1n) is 4.67. The molecule has 0 atom stereocenters. The predicted molar refractivity (Wildman–Crippen MR) is 68.1 cm³/mol. The van der Waals surface area contributed by atoms with Crippen LogP contribution in [0.2, 0.25) is 0 Å². The van der Waals surface area contributed by atoms with Gasteiger partial charge in [-0.25, -0.2) is 0 Å². The minimum Gasteiger partial charge on any atom is -0.302 e. The molecule has 0 unspecified atom stereocenters. The highest BCUT2D eigenvalue weighted by atomic mass is 127. The molecule has 15 heavy (non-hydrogen) atoms. The topological polar surface area (TPSA) is 48.6 Å². The summed E-state index contributed by atoms with van der Waals surface area (Å²) in [7, 11) is 0. The molecule has 4 heteroatoms. The van der Waals surface area contributed by atoms with Gasteiger partial charge in [-0.2, -0.15) is 0 Å². The van der Waals surface area contributed by atoms with E-state index in [0.717, 1.165) is 16.8 Å². The smallest absolute Gasteiger partial charge is 0.267 e. The molecule has 0 radical (unpaired) electrons. The Morgan fingerprint density at radius 1 is 1.20 bits per heavy atom. The molecule has 2 rings (SSSR count). The molecule has 3 nitrogen and oxygen atoms in total. The van der Waals surface area contributed by atoms with Gasteiger partial charge in [-0.1, -0.05) is 12.1 Å². The van der Waals surface area contributed by atoms with Crippen molar-refractivity contribution in [3.05, 3.63) is 55.0 Å². The first kappa shape index (κ1) is 10.5. The van der Waals surface area contributed by atoms with Crippen LogP contribution < -0.4 is 5.56 Å². The summed E-state index contributed by atoms with van der Waals surface area (Å²) >= 11 is 2.27. The maximum absolute atomic E-state index is 11.4. The molecule has 1 aromatic heterocycles. The van der Waals surface area contributed by atoms with Crippen LogP contribution in [-0.4, -0.2) is 10.2 Å². The lowest BCUT2D eigenvalue weighted by Gasteiger charge is -1.99. The highest BCUT2D eigenvalue weighted by Gasteiger charge is 2.06. The average Bonchev–Trinajstić information content (AvgIpc) is 2.53. The Kier molecular flexibility index (Phi) is 2.95. The van der Waals surface area contributed by atoms with E-state index in [2.05, 4.69) is 32.8 Å². The fraction of sp³-hybridized carbons (Fsp3) is 0.182. The Morgan fingerprint density at radius 3 is 2.40 bits per heavy atom. The second kappa shape index (κ2) is 4.22. The zero-order valence-electron chi connectivity index (χ0n) is 8.30. The molecule has 2 N–H and O–H groups in total. The lowest BCUT2D eigenvalue weighted by Crippen LogP contribution is -2.06. The third-order valence-electron chi connectivity index (χ3n) is 2.38. The van der Waals surface area contributed by atoms with Gasteiger partial charge >= 0.3 is 0 Å². The Hall–Kier alpha value is -1.04. The predicted octanol–water partition coefficient (Wildman–Crippen LogP) is 2.21. The molecule has 0 aliphatic heterocycles. The van der Waals surface area contributed by atoms with Crippen LogP contribution >= 0.6 is 22.6 Å². The number of hydrogen-bond donors (Lipinski definition) is 2. The number of aromatic nitrogens is 2. The normalized spacial score (nSPS) is 10.5. The molecular weight excluding hydrogens is 303 g/mol. The minimum absolute atomic E-state index is 0.0222. The van der Waals surface area contributed by atoms with E-state index in [-0.39, 0.29) is 5.56 Å². The monoisotopic (exact) mass is 314 g/mol. The summed E-state index contributed by atoms with van der Waals surface area (Å²) in [4.78, 5) is 11.4. The first-order chi connectivity index (χ1) is 7.16. The van der Waals surface area contributed by atoms with Gasteiger partial charge in [0.15, 0.2) is 0 Å². The molecule has 1 heterocycles. The van der Waals surface area contributed by atoms with Crippen molar-refractivity contribution in [1.29, 1.82) is 0 Å². The van der Waals surface area contributed by atoms with Gasteiger partial charge in [0.25, 0.3) is 5.56 Å². The number of rotatable bonds is 2. The summed E-state index contributed by atoms with van der Waals surface area (Å²) in [6, 6.07) is 8.19. The van der Waals surface area contributed by atoms with E-state index in [1.54, 1.807) is 0 Å². The van der Waals surface area contributed by atoms with Crippen molar-refractivity contribution in [1.82, 2.24) is 10.2 Å². The first-order valence-corrected chi connectivity index (χ1v) is 5.75. The number of H-pyrrole nitrogens is 2. The lowest BCUT2D eigenvalue weighted by molar-refractivity contribution is 1.02. The molecule has 0 saturated heterocycles. The summed E-state index contributed by atoms with van der Waals surface area (Å²) in [5, 5.41) is 5.42. The number of aryl methyl sites for hydroxylation is 1. The van der Waals surface area contributed by atoms with E-state index in [4.69, 9.17) is 0 Å². The van der Waals surface area contributed by atoms with Gasteiger partial charge < -0.3 is 5.10 Å². The summed E-state index contributed by atoms with van der Waals surface area (Å²) < 4.78 is 1.20. The molecule has 0 bridgehead atoms. The Balaban J connectivity index is 2.29. The molecule has 0 fully saturated rings. The van der Waals surface area contributed by atoms with E-state index in [1.165, 1.54) is 3.57 Å². The van der Waals surface area contributed by atoms with Crippen LogP contribution in [0.4, 0.5) is 0 Å². The van der Waals surface area contributed by atoms with E-state index in [9.17, 15) is 4.79 Å². The Bertz CT molecular complexity index is 510. The molecule has 0 saturated carbocycles. The third kappa shape index (κ3) is 2.31. The van der Waals surface area contributed by atoms with Gasteiger partial charge in [0, 0.05) is 21.2 Å². The molecule has 78 valence electrons. The van der Waals surface area contributed by atoms with Crippen LogP contribution in [0, 0.1) is 10.5 Å². The third-order valence-corrected chi connectivity index (χ3v) is 3.10. The fourth-order valence-electron chi connectivity index (χ4n) is 1.49. The maximum atomic E-state index is 11.4. The Morgan fingerprint density at radius 2 is 1.87 bits per heavy atom. The van der Waals surface area contributed by atoms with Crippen LogP contribution in [-0.2, 0) is 6.42 Å². The second-order valence-corrected chi connectivity index (χ2v) is 4.73. The van der Waals surface area contributed by atoms with Crippen molar-refractivity contribution in [3.63, 3.8) is 0 Å². The van der Waals surface area contributed by atoms with E-state index in [1.807, 2.05) is 31.2 Å². The number of nitrogens with one attached hydrogen (secondary N) is 2.